The van der Waals surface area contributed by atoms with Gasteiger partial charge in [-0.2, -0.15) is 0 Å². The van der Waals surface area contributed by atoms with Crippen LogP contribution in [0.2, 0.25) is 0 Å². The van der Waals surface area contributed by atoms with E-state index >= 15 is 0 Å². The summed E-state index contributed by atoms with van der Waals surface area (Å²) < 4.78 is 46.1. The first kappa shape index (κ1) is 14.6. The molecule has 1 aromatic rings. The minimum Gasteiger partial charge on any atom is -0.768 e. The standard InChI is InChI=1S/C6H3F2NO4S.Na/c7-4-1-3(9(10)11)2-5(8)6(4)14(12)13;/h1-2H,(H,12,13);/q;+1/p-1. The third-order valence-electron chi connectivity index (χ3n) is 1.36. The Morgan fingerprint density at radius 3 is 1.93 bits per heavy atom. The molecule has 1 unspecified atom stereocenters. The molecule has 15 heavy (non-hydrogen) atoms. The summed E-state index contributed by atoms with van der Waals surface area (Å²) in [5.41, 5.74) is -0.839. The maximum atomic E-state index is 12.8. The molecule has 1 atom stereocenters. The predicted octanol–water partition coefficient (Wildman–Crippen LogP) is -1.89. The van der Waals surface area contributed by atoms with Crippen LogP contribution in [0.15, 0.2) is 17.0 Å². The minimum absolute atomic E-state index is 0. The second-order valence-corrected chi connectivity index (χ2v) is 3.11. The van der Waals surface area contributed by atoms with E-state index in [1.54, 1.807) is 0 Å². The van der Waals surface area contributed by atoms with Gasteiger partial charge in [-0.1, -0.05) is 0 Å². The molecule has 0 aliphatic carbocycles. The van der Waals surface area contributed by atoms with Gasteiger partial charge < -0.3 is 4.55 Å². The fourth-order valence-corrected chi connectivity index (χ4v) is 1.25. The molecule has 0 aliphatic heterocycles. The predicted molar refractivity (Wildman–Crippen MR) is 40.2 cm³/mol. The van der Waals surface area contributed by atoms with E-state index in [-0.39, 0.29) is 29.6 Å². The average Bonchev–Trinajstić information content (AvgIpc) is 2.01. The summed E-state index contributed by atoms with van der Waals surface area (Å²) in [7, 11) is 0. The van der Waals surface area contributed by atoms with Gasteiger partial charge in [0.2, 0.25) is 0 Å². The van der Waals surface area contributed by atoms with Crippen molar-refractivity contribution < 1.29 is 52.0 Å². The van der Waals surface area contributed by atoms with Crippen molar-refractivity contribution in [3.05, 3.63) is 33.9 Å². The number of hydrogen-bond acceptors (Lipinski definition) is 4. The summed E-state index contributed by atoms with van der Waals surface area (Å²) in [6, 6.07) is 0.683. The number of nitrogens with zero attached hydrogens (tertiary/aromatic N) is 1. The quantitative estimate of drug-likeness (QED) is 0.264. The molecular weight excluding hydrogens is 243 g/mol. The van der Waals surface area contributed by atoms with E-state index in [1.165, 1.54) is 0 Å². The molecule has 0 saturated carbocycles. The van der Waals surface area contributed by atoms with Gasteiger partial charge in [-0.05, 0) is 11.1 Å². The number of nitro groups is 1. The molecule has 0 radical (unpaired) electrons. The molecule has 9 heteroatoms. The maximum absolute atomic E-state index is 12.8. The van der Waals surface area contributed by atoms with E-state index in [0.29, 0.717) is 12.1 Å². The summed E-state index contributed by atoms with van der Waals surface area (Å²) in [6.07, 6.45) is 0. The normalized spacial score (nSPS) is 11.7. The fourth-order valence-electron chi connectivity index (χ4n) is 0.811. The number of rotatable bonds is 2. The molecule has 0 aromatic heterocycles. The summed E-state index contributed by atoms with van der Waals surface area (Å²) in [5.74, 6) is -2.96. The first-order valence-electron chi connectivity index (χ1n) is 3.16. The Hall–Kier alpha value is -0.410. The molecule has 0 aliphatic rings. The molecule has 1 aromatic carbocycles. The van der Waals surface area contributed by atoms with Gasteiger partial charge in [0.15, 0.2) is 0 Å². The Balaban J connectivity index is 0.00000196. The Labute approximate surface area is 107 Å². The van der Waals surface area contributed by atoms with Crippen molar-refractivity contribution in [2.24, 2.45) is 0 Å². The summed E-state index contributed by atoms with van der Waals surface area (Å²) in [6.45, 7) is 0. The molecule has 0 N–H and O–H groups in total. The van der Waals surface area contributed by atoms with Gasteiger partial charge in [-0.15, -0.1) is 0 Å². The number of nitro benzene ring substituents is 1. The molecule has 0 amide bonds. The smallest absolute Gasteiger partial charge is 0.768 e. The van der Waals surface area contributed by atoms with Crippen molar-refractivity contribution in [3.63, 3.8) is 0 Å². The molecule has 0 spiro atoms. The van der Waals surface area contributed by atoms with Crippen LogP contribution in [0, 0.1) is 21.7 Å². The zero-order valence-electron chi connectivity index (χ0n) is 7.40. The van der Waals surface area contributed by atoms with Crippen LogP contribution in [0.1, 0.15) is 0 Å². The first-order valence-corrected chi connectivity index (χ1v) is 4.23. The van der Waals surface area contributed by atoms with Crippen LogP contribution in [-0.4, -0.2) is 13.7 Å². The zero-order chi connectivity index (χ0) is 10.9. The second kappa shape index (κ2) is 5.61. The summed E-state index contributed by atoms with van der Waals surface area (Å²) >= 11 is -3.10. The SMILES string of the molecule is O=[N+]([O-])c1cc(F)c(S(=O)[O-])c(F)c1.[Na+]. The summed E-state index contributed by atoms with van der Waals surface area (Å²) in [5, 5.41) is 10.1. The van der Waals surface area contributed by atoms with Gasteiger partial charge in [-0.25, -0.2) is 8.78 Å². The van der Waals surface area contributed by atoms with Crippen molar-refractivity contribution >= 4 is 16.8 Å². The van der Waals surface area contributed by atoms with Crippen molar-refractivity contribution in [3.8, 4) is 0 Å². The Morgan fingerprint density at radius 2 is 1.67 bits per heavy atom. The second-order valence-electron chi connectivity index (χ2n) is 2.23. The van der Waals surface area contributed by atoms with Crippen molar-refractivity contribution in [1.82, 2.24) is 0 Å². The third kappa shape index (κ3) is 3.28. The van der Waals surface area contributed by atoms with Crippen molar-refractivity contribution in [2.45, 2.75) is 4.90 Å². The molecule has 1 rings (SSSR count). The van der Waals surface area contributed by atoms with Gasteiger partial charge in [0, 0.05) is 0 Å². The van der Waals surface area contributed by atoms with E-state index in [2.05, 4.69) is 0 Å². The Morgan fingerprint density at radius 1 is 1.27 bits per heavy atom. The van der Waals surface area contributed by atoms with Gasteiger partial charge in [0.1, 0.15) is 11.6 Å². The fraction of sp³-hybridized carbons (Fsp3) is 0. The Bertz CT molecular complexity index is 405. The number of hydrogen-bond donors (Lipinski definition) is 0. The van der Waals surface area contributed by atoms with Crippen LogP contribution in [-0.2, 0) is 11.1 Å². The minimum atomic E-state index is -3.10. The van der Waals surface area contributed by atoms with Gasteiger partial charge in [-0.3, -0.25) is 14.3 Å². The van der Waals surface area contributed by atoms with E-state index in [1.807, 2.05) is 0 Å². The van der Waals surface area contributed by atoms with Crippen LogP contribution in [0.4, 0.5) is 14.5 Å². The molecular formula is C6H2F2NNaO4S. The third-order valence-corrected chi connectivity index (χ3v) is 2.08. The zero-order valence-corrected chi connectivity index (χ0v) is 10.2. The Kier molecular flexibility index (Phi) is 5.46. The van der Waals surface area contributed by atoms with E-state index in [4.69, 9.17) is 0 Å². The molecule has 0 bridgehead atoms. The molecule has 76 valence electrons. The van der Waals surface area contributed by atoms with Crippen LogP contribution < -0.4 is 29.6 Å². The van der Waals surface area contributed by atoms with Crippen LogP contribution in [0.25, 0.3) is 0 Å². The maximum Gasteiger partial charge on any atom is 1.00 e. The van der Waals surface area contributed by atoms with Gasteiger partial charge >= 0.3 is 29.6 Å². The molecule has 0 heterocycles. The number of benzene rings is 1. The average molecular weight is 245 g/mol. The first-order chi connectivity index (χ1) is 6.43. The number of non-ortho nitro benzene ring substituents is 1. The van der Waals surface area contributed by atoms with Gasteiger partial charge in [0.25, 0.3) is 5.69 Å². The van der Waals surface area contributed by atoms with E-state index in [9.17, 15) is 27.7 Å². The van der Waals surface area contributed by atoms with Crippen molar-refractivity contribution in [1.29, 1.82) is 0 Å². The van der Waals surface area contributed by atoms with Crippen molar-refractivity contribution in [2.75, 3.05) is 0 Å². The van der Waals surface area contributed by atoms with Gasteiger partial charge in [0.05, 0.1) is 22.0 Å². The van der Waals surface area contributed by atoms with Crippen LogP contribution in [0.5, 0.6) is 0 Å². The molecule has 0 saturated heterocycles. The van der Waals surface area contributed by atoms with E-state index in [0.717, 1.165) is 0 Å². The molecule has 0 fully saturated rings. The largest absolute Gasteiger partial charge is 1.00 e. The monoisotopic (exact) mass is 245 g/mol. The number of halogens is 2. The molecule has 5 nitrogen and oxygen atoms in total. The topological polar surface area (TPSA) is 83.3 Å². The van der Waals surface area contributed by atoms with E-state index < -0.39 is 38.2 Å². The van der Waals surface area contributed by atoms with Crippen LogP contribution >= 0.6 is 0 Å². The van der Waals surface area contributed by atoms with Crippen LogP contribution in [0.3, 0.4) is 0 Å². The summed E-state index contributed by atoms with van der Waals surface area (Å²) in [4.78, 5) is 7.88.